The first-order valence-electron chi connectivity index (χ1n) is 6.81. The fourth-order valence-electron chi connectivity index (χ4n) is 2.04. The molecule has 1 N–H and O–H groups in total. The van der Waals surface area contributed by atoms with Crippen LogP contribution in [0.15, 0.2) is 36.4 Å². The molecule has 0 spiro atoms. The molecule has 0 radical (unpaired) electrons. The molecule has 2 aromatic rings. The van der Waals surface area contributed by atoms with Crippen LogP contribution in [0.5, 0.6) is 0 Å². The summed E-state index contributed by atoms with van der Waals surface area (Å²) in [5.41, 5.74) is 1.25. The topological polar surface area (TPSA) is 24.9 Å². The molecule has 0 fully saturated rings. The van der Waals surface area contributed by atoms with E-state index in [1.165, 1.54) is 0 Å². The van der Waals surface area contributed by atoms with E-state index in [0.29, 0.717) is 17.8 Å². The van der Waals surface area contributed by atoms with E-state index in [-0.39, 0.29) is 5.82 Å². The lowest BCUT2D eigenvalue weighted by Gasteiger charge is -2.13. The van der Waals surface area contributed by atoms with Gasteiger partial charge in [0.15, 0.2) is 0 Å². The van der Waals surface area contributed by atoms with E-state index in [0.717, 1.165) is 24.1 Å². The second kappa shape index (κ2) is 6.16. The molecule has 2 rings (SSSR count). The van der Waals surface area contributed by atoms with Crippen molar-refractivity contribution >= 4 is 5.82 Å². The Morgan fingerprint density at radius 3 is 2.48 bits per heavy atom. The number of hydrogen-bond acceptors (Lipinski definition) is 2. The van der Waals surface area contributed by atoms with E-state index < -0.39 is 11.7 Å². The third kappa shape index (κ3) is 3.74. The summed E-state index contributed by atoms with van der Waals surface area (Å²) in [6.45, 7) is 4.39. The van der Waals surface area contributed by atoms with Crippen molar-refractivity contribution in [2.45, 2.75) is 26.4 Å². The lowest BCUT2D eigenvalue weighted by Crippen LogP contribution is -2.09. The van der Waals surface area contributed by atoms with Crippen LogP contribution in [0, 0.1) is 6.92 Å². The fraction of sp³-hybridized carbons (Fsp3) is 0.312. The van der Waals surface area contributed by atoms with E-state index in [4.69, 9.17) is 0 Å². The molecule has 21 heavy (non-hydrogen) atoms. The monoisotopic (exact) mass is 294 g/mol. The second-order valence-corrected chi connectivity index (χ2v) is 4.87. The van der Waals surface area contributed by atoms with Gasteiger partial charge in [0, 0.05) is 12.1 Å². The molecule has 112 valence electrons. The number of halogens is 3. The summed E-state index contributed by atoms with van der Waals surface area (Å²) in [6, 6.07) is 9.43. The van der Waals surface area contributed by atoms with E-state index in [1.807, 2.05) is 26.0 Å². The minimum Gasteiger partial charge on any atom is -0.370 e. The zero-order valence-corrected chi connectivity index (χ0v) is 12.0. The maximum absolute atomic E-state index is 13.0. The number of alkyl halides is 3. The zero-order chi connectivity index (χ0) is 15.5. The van der Waals surface area contributed by atoms with Gasteiger partial charge in [0.25, 0.3) is 0 Å². The van der Waals surface area contributed by atoms with Crippen LogP contribution in [0.4, 0.5) is 19.0 Å². The van der Waals surface area contributed by atoms with Crippen LogP contribution in [-0.4, -0.2) is 11.5 Å². The molecule has 0 aliphatic rings. The van der Waals surface area contributed by atoms with Crippen LogP contribution >= 0.6 is 0 Å². The maximum Gasteiger partial charge on any atom is 0.416 e. The average Bonchev–Trinajstić information content (AvgIpc) is 2.44. The molecule has 0 aliphatic carbocycles. The molecule has 1 aromatic heterocycles. The minimum atomic E-state index is -4.39. The third-order valence-corrected chi connectivity index (χ3v) is 3.13. The van der Waals surface area contributed by atoms with E-state index >= 15 is 0 Å². The molecule has 1 heterocycles. The lowest BCUT2D eigenvalue weighted by atomic mass is 10.0. The minimum absolute atomic E-state index is 0.255. The molecule has 0 saturated heterocycles. The number of rotatable bonds is 4. The molecular weight excluding hydrogens is 277 g/mol. The van der Waals surface area contributed by atoms with Crippen molar-refractivity contribution in [3.63, 3.8) is 0 Å². The number of benzene rings is 1. The van der Waals surface area contributed by atoms with E-state index in [1.54, 1.807) is 12.1 Å². The second-order valence-electron chi connectivity index (χ2n) is 4.87. The Kier molecular flexibility index (Phi) is 4.50. The van der Waals surface area contributed by atoms with E-state index in [2.05, 4.69) is 10.3 Å². The number of hydrogen-bond donors (Lipinski definition) is 1. The Morgan fingerprint density at radius 1 is 1.14 bits per heavy atom. The Labute approximate surface area is 122 Å². The Bertz CT molecular complexity index is 621. The van der Waals surface area contributed by atoms with E-state index in [9.17, 15) is 13.2 Å². The number of pyridine rings is 1. The summed E-state index contributed by atoms with van der Waals surface area (Å²) in [6.07, 6.45) is -3.57. The highest BCUT2D eigenvalue weighted by Gasteiger charge is 2.31. The first kappa shape index (κ1) is 15.4. The number of anilines is 1. The molecule has 5 heteroatoms. The van der Waals surface area contributed by atoms with Gasteiger partial charge < -0.3 is 5.32 Å². The third-order valence-electron chi connectivity index (χ3n) is 3.13. The van der Waals surface area contributed by atoms with Crippen molar-refractivity contribution in [1.82, 2.24) is 4.98 Å². The summed E-state index contributed by atoms with van der Waals surface area (Å²) in [5, 5.41) is 2.93. The van der Waals surface area contributed by atoms with Crippen molar-refractivity contribution in [3.8, 4) is 11.3 Å². The summed E-state index contributed by atoms with van der Waals surface area (Å²) >= 11 is 0. The van der Waals surface area contributed by atoms with Gasteiger partial charge in [-0.05, 0) is 31.0 Å². The molecule has 0 unspecified atom stereocenters. The van der Waals surface area contributed by atoms with Crippen molar-refractivity contribution in [2.75, 3.05) is 11.9 Å². The van der Waals surface area contributed by atoms with Gasteiger partial charge in [0.05, 0.1) is 11.3 Å². The van der Waals surface area contributed by atoms with Crippen LogP contribution < -0.4 is 5.32 Å². The van der Waals surface area contributed by atoms with Crippen LogP contribution in [-0.2, 0) is 6.18 Å². The summed E-state index contributed by atoms with van der Waals surface area (Å²) < 4.78 is 39.1. The standard InChI is InChI=1S/C16H17F3N2/c1-3-8-20-15-10-12(16(17,18)19)9-14(21-15)13-7-5-4-6-11(13)2/h4-7,9-10H,3,8H2,1-2H3,(H,20,21). The highest BCUT2D eigenvalue weighted by molar-refractivity contribution is 5.66. The largest absolute Gasteiger partial charge is 0.416 e. The average molecular weight is 294 g/mol. The molecule has 1 aromatic carbocycles. The van der Waals surface area contributed by atoms with Gasteiger partial charge in [-0.2, -0.15) is 13.2 Å². The first-order chi connectivity index (χ1) is 9.91. The molecule has 0 saturated carbocycles. The molecule has 0 bridgehead atoms. The zero-order valence-electron chi connectivity index (χ0n) is 12.0. The summed E-state index contributed by atoms with van der Waals surface area (Å²) in [4.78, 5) is 4.30. The van der Waals surface area contributed by atoms with Crippen molar-refractivity contribution in [1.29, 1.82) is 0 Å². The highest BCUT2D eigenvalue weighted by atomic mass is 19.4. The van der Waals surface area contributed by atoms with Crippen LogP contribution in [0.25, 0.3) is 11.3 Å². The number of nitrogens with one attached hydrogen (secondary N) is 1. The van der Waals surface area contributed by atoms with Gasteiger partial charge in [0.1, 0.15) is 5.82 Å². The van der Waals surface area contributed by atoms with Crippen molar-refractivity contribution in [3.05, 3.63) is 47.5 Å². The number of aryl methyl sites for hydroxylation is 1. The Balaban J connectivity index is 2.52. The summed E-state index contributed by atoms with van der Waals surface area (Å²) in [5.74, 6) is 0.255. The van der Waals surface area contributed by atoms with Crippen molar-refractivity contribution in [2.24, 2.45) is 0 Å². The molecular formula is C16H17F3N2. The van der Waals surface area contributed by atoms with Gasteiger partial charge in [0.2, 0.25) is 0 Å². The quantitative estimate of drug-likeness (QED) is 0.867. The van der Waals surface area contributed by atoms with Gasteiger partial charge in [-0.1, -0.05) is 31.2 Å². The predicted molar refractivity (Wildman–Crippen MR) is 78.2 cm³/mol. The van der Waals surface area contributed by atoms with Gasteiger partial charge in [-0.15, -0.1) is 0 Å². The Morgan fingerprint density at radius 2 is 1.86 bits per heavy atom. The lowest BCUT2D eigenvalue weighted by molar-refractivity contribution is -0.137. The first-order valence-corrected chi connectivity index (χ1v) is 6.81. The summed E-state index contributed by atoms with van der Waals surface area (Å²) in [7, 11) is 0. The fourth-order valence-corrected chi connectivity index (χ4v) is 2.04. The highest BCUT2D eigenvalue weighted by Crippen LogP contribution is 2.34. The molecule has 2 nitrogen and oxygen atoms in total. The van der Waals surface area contributed by atoms with Crippen molar-refractivity contribution < 1.29 is 13.2 Å². The van der Waals surface area contributed by atoms with Gasteiger partial charge >= 0.3 is 6.18 Å². The maximum atomic E-state index is 13.0. The van der Waals surface area contributed by atoms with Gasteiger partial charge in [-0.3, -0.25) is 0 Å². The van der Waals surface area contributed by atoms with Crippen LogP contribution in [0.2, 0.25) is 0 Å². The number of aromatic nitrogens is 1. The number of nitrogens with zero attached hydrogens (tertiary/aromatic N) is 1. The smallest absolute Gasteiger partial charge is 0.370 e. The predicted octanol–water partition coefficient (Wildman–Crippen LogP) is 4.90. The SMILES string of the molecule is CCCNc1cc(C(F)(F)F)cc(-c2ccccc2C)n1. The van der Waals surface area contributed by atoms with Crippen LogP contribution in [0.3, 0.4) is 0 Å². The normalized spacial score (nSPS) is 11.5. The molecule has 0 atom stereocenters. The van der Waals surface area contributed by atoms with Crippen LogP contribution in [0.1, 0.15) is 24.5 Å². The molecule has 0 amide bonds. The molecule has 0 aliphatic heterocycles. The Hall–Kier alpha value is -2.04. The van der Waals surface area contributed by atoms with Gasteiger partial charge in [-0.25, -0.2) is 4.98 Å².